The molecule has 1 aromatic carbocycles. The Hall–Kier alpha value is 0.0800. The van der Waals surface area contributed by atoms with Gasteiger partial charge in [0.1, 0.15) is 10.1 Å². The maximum absolute atomic E-state index is 12.3. The summed E-state index contributed by atoms with van der Waals surface area (Å²) in [6.45, 7) is 6.00. The Morgan fingerprint density at radius 1 is 1.05 bits per heavy atom. The molecule has 0 aliphatic rings. The summed E-state index contributed by atoms with van der Waals surface area (Å²) < 4.78 is 57.2. The van der Waals surface area contributed by atoms with Crippen molar-refractivity contribution >= 4 is 20.0 Å². The second-order valence-electron chi connectivity index (χ2n) is 5.29. The molecule has 0 saturated heterocycles. The Bertz CT molecular complexity index is 672. The topological polar surface area (TPSA) is 91.3 Å². The molecular weight excluding hydrogens is 311 g/mol. The molecule has 0 spiro atoms. The summed E-state index contributed by atoms with van der Waals surface area (Å²) in [5, 5.41) is -1.06. The standard InChI is InChI=1S/C12H18O5S2.Na/c1-9(18(13,14)12(2,3)4)10-7-5-6-8-11(10)19(15,16)17;/h5-9H,1-4H3,(H,15,16,17);/q;+1/p-1. The van der Waals surface area contributed by atoms with E-state index in [0.717, 1.165) is 6.07 Å². The SMILES string of the molecule is CC(c1ccccc1S(=O)(=O)[O-])S(=O)(=O)C(C)(C)C.[Na+]. The van der Waals surface area contributed by atoms with Crippen LogP contribution in [0.4, 0.5) is 0 Å². The molecule has 0 bridgehead atoms. The molecule has 0 heterocycles. The molecule has 20 heavy (non-hydrogen) atoms. The van der Waals surface area contributed by atoms with Crippen LogP contribution in [0.5, 0.6) is 0 Å². The normalized spacial score (nSPS) is 14.4. The van der Waals surface area contributed by atoms with Gasteiger partial charge in [-0.15, -0.1) is 0 Å². The molecule has 1 unspecified atom stereocenters. The van der Waals surface area contributed by atoms with Crippen molar-refractivity contribution in [2.24, 2.45) is 0 Å². The smallest absolute Gasteiger partial charge is 0.744 e. The molecule has 0 saturated carbocycles. The summed E-state index contributed by atoms with van der Waals surface area (Å²) in [6.07, 6.45) is 0. The molecule has 0 amide bonds. The minimum atomic E-state index is -4.70. The summed E-state index contributed by atoms with van der Waals surface area (Å²) in [6, 6.07) is 5.40. The maximum Gasteiger partial charge on any atom is 1.00 e. The van der Waals surface area contributed by atoms with Crippen LogP contribution in [0.1, 0.15) is 38.5 Å². The largest absolute Gasteiger partial charge is 1.00 e. The van der Waals surface area contributed by atoms with E-state index >= 15 is 0 Å². The number of rotatable bonds is 3. The molecule has 0 fully saturated rings. The van der Waals surface area contributed by atoms with Crippen LogP contribution in [0.2, 0.25) is 0 Å². The van der Waals surface area contributed by atoms with E-state index in [1.54, 1.807) is 0 Å². The van der Waals surface area contributed by atoms with Crippen molar-refractivity contribution in [1.29, 1.82) is 0 Å². The molecule has 0 aliphatic carbocycles. The molecule has 0 radical (unpaired) electrons. The van der Waals surface area contributed by atoms with Gasteiger partial charge in [0.05, 0.1) is 14.9 Å². The van der Waals surface area contributed by atoms with Gasteiger partial charge in [0, 0.05) is 0 Å². The van der Waals surface area contributed by atoms with Crippen molar-refractivity contribution in [1.82, 2.24) is 0 Å². The van der Waals surface area contributed by atoms with Crippen LogP contribution in [0.3, 0.4) is 0 Å². The Kier molecular flexibility index (Phi) is 6.48. The summed E-state index contributed by atoms with van der Waals surface area (Å²) in [4.78, 5) is -0.477. The van der Waals surface area contributed by atoms with Gasteiger partial charge in [0.15, 0.2) is 9.84 Å². The average molecular weight is 328 g/mol. The first-order chi connectivity index (χ1) is 8.39. The quantitative estimate of drug-likeness (QED) is 0.517. The van der Waals surface area contributed by atoms with E-state index in [1.807, 2.05) is 0 Å². The summed E-state index contributed by atoms with van der Waals surface area (Å²) in [5.41, 5.74) is 0.0208. The fraction of sp³-hybridized carbons (Fsp3) is 0.500. The number of hydrogen-bond acceptors (Lipinski definition) is 5. The third-order valence-electron chi connectivity index (χ3n) is 2.95. The van der Waals surface area contributed by atoms with Gasteiger partial charge >= 0.3 is 29.6 Å². The van der Waals surface area contributed by atoms with Crippen molar-refractivity contribution in [3.63, 3.8) is 0 Å². The first-order valence-electron chi connectivity index (χ1n) is 5.67. The first kappa shape index (κ1) is 20.1. The van der Waals surface area contributed by atoms with E-state index in [0.29, 0.717) is 0 Å². The first-order valence-corrected chi connectivity index (χ1v) is 8.63. The third-order valence-corrected chi connectivity index (χ3v) is 6.75. The molecule has 0 aromatic heterocycles. The van der Waals surface area contributed by atoms with Crippen molar-refractivity contribution in [2.75, 3.05) is 0 Å². The van der Waals surface area contributed by atoms with E-state index in [1.165, 1.54) is 45.9 Å². The molecule has 108 valence electrons. The van der Waals surface area contributed by atoms with E-state index in [2.05, 4.69) is 0 Å². The molecule has 5 nitrogen and oxygen atoms in total. The van der Waals surface area contributed by atoms with Gasteiger partial charge in [-0.3, -0.25) is 0 Å². The van der Waals surface area contributed by atoms with E-state index in [-0.39, 0.29) is 35.1 Å². The van der Waals surface area contributed by atoms with Crippen molar-refractivity contribution in [2.45, 2.75) is 42.6 Å². The average Bonchev–Trinajstić information content (AvgIpc) is 2.25. The van der Waals surface area contributed by atoms with E-state index in [4.69, 9.17) is 0 Å². The Labute approximate surface area is 142 Å². The van der Waals surface area contributed by atoms with Gasteiger partial charge < -0.3 is 4.55 Å². The summed E-state index contributed by atoms with van der Waals surface area (Å²) in [7, 11) is -8.31. The second-order valence-corrected chi connectivity index (χ2v) is 9.66. The fourth-order valence-electron chi connectivity index (χ4n) is 1.74. The molecular formula is C12H17NaO5S2. The Morgan fingerprint density at radius 2 is 1.50 bits per heavy atom. The van der Waals surface area contributed by atoms with Crippen LogP contribution < -0.4 is 29.6 Å². The zero-order valence-electron chi connectivity index (χ0n) is 12.2. The monoisotopic (exact) mass is 328 g/mol. The van der Waals surface area contributed by atoms with Gasteiger partial charge in [0.2, 0.25) is 0 Å². The molecule has 1 rings (SSSR count). The van der Waals surface area contributed by atoms with Crippen LogP contribution >= 0.6 is 0 Å². The number of sulfone groups is 1. The van der Waals surface area contributed by atoms with Gasteiger partial charge in [-0.1, -0.05) is 18.2 Å². The Morgan fingerprint density at radius 3 is 1.90 bits per heavy atom. The zero-order chi connectivity index (χ0) is 15.1. The van der Waals surface area contributed by atoms with Crippen LogP contribution in [-0.4, -0.2) is 26.1 Å². The fourth-order valence-corrected chi connectivity index (χ4v) is 4.20. The third kappa shape index (κ3) is 4.05. The van der Waals surface area contributed by atoms with Crippen LogP contribution in [-0.2, 0) is 20.0 Å². The van der Waals surface area contributed by atoms with Gasteiger partial charge in [-0.2, -0.15) is 0 Å². The predicted octanol–water partition coefficient (Wildman–Crippen LogP) is -1.13. The van der Waals surface area contributed by atoms with E-state index < -0.39 is 34.8 Å². The van der Waals surface area contributed by atoms with E-state index in [9.17, 15) is 21.4 Å². The van der Waals surface area contributed by atoms with Crippen molar-refractivity contribution in [3.05, 3.63) is 29.8 Å². The molecule has 1 atom stereocenters. The zero-order valence-corrected chi connectivity index (χ0v) is 15.9. The van der Waals surface area contributed by atoms with Crippen LogP contribution in [0, 0.1) is 0 Å². The number of hydrogen-bond donors (Lipinski definition) is 0. The number of benzene rings is 1. The molecule has 0 aliphatic heterocycles. The molecule has 8 heteroatoms. The van der Waals surface area contributed by atoms with Gasteiger partial charge in [-0.25, -0.2) is 16.8 Å². The predicted molar refractivity (Wildman–Crippen MR) is 71.5 cm³/mol. The summed E-state index contributed by atoms with van der Waals surface area (Å²) >= 11 is 0. The minimum Gasteiger partial charge on any atom is -0.744 e. The van der Waals surface area contributed by atoms with Crippen LogP contribution in [0.25, 0.3) is 0 Å². The van der Waals surface area contributed by atoms with Gasteiger partial charge in [-0.05, 0) is 39.3 Å². The Balaban J connectivity index is 0.00000361. The van der Waals surface area contributed by atoms with Gasteiger partial charge in [0.25, 0.3) is 0 Å². The minimum absolute atomic E-state index is 0. The van der Waals surface area contributed by atoms with Crippen LogP contribution in [0.15, 0.2) is 29.2 Å². The van der Waals surface area contributed by atoms with Crippen molar-refractivity contribution in [3.8, 4) is 0 Å². The molecule has 0 N–H and O–H groups in total. The van der Waals surface area contributed by atoms with Crippen molar-refractivity contribution < 1.29 is 50.9 Å². The molecule has 1 aromatic rings. The maximum atomic E-state index is 12.3. The second kappa shape index (κ2) is 6.46. The summed E-state index contributed by atoms with van der Waals surface area (Å²) in [5.74, 6) is 0.